The standard InChI is InChI=1S/C15H24O3/c1-11(2)18-13-10-8-7-9-12(13)15(5,16)14(3,4)17-6/h7-11,16H,1-6H3. The van der Waals surface area contributed by atoms with E-state index in [1.54, 1.807) is 14.0 Å². The average molecular weight is 252 g/mol. The van der Waals surface area contributed by atoms with Gasteiger partial charge in [0.05, 0.1) is 11.7 Å². The first kappa shape index (κ1) is 15.0. The summed E-state index contributed by atoms with van der Waals surface area (Å²) < 4.78 is 11.2. The maximum absolute atomic E-state index is 10.8. The molecule has 0 aliphatic rings. The molecule has 1 rings (SSSR count). The summed E-state index contributed by atoms with van der Waals surface area (Å²) in [6.45, 7) is 9.40. The molecular formula is C15H24O3. The van der Waals surface area contributed by atoms with Crippen LogP contribution in [0.1, 0.15) is 40.2 Å². The Morgan fingerprint density at radius 2 is 1.67 bits per heavy atom. The van der Waals surface area contributed by atoms with Gasteiger partial charge >= 0.3 is 0 Å². The normalized spacial score (nSPS) is 15.6. The van der Waals surface area contributed by atoms with Crippen molar-refractivity contribution < 1.29 is 14.6 Å². The third kappa shape index (κ3) is 2.85. The third-order valence-electron chi connectivity index (χ3n) is 3.46. The van der Waals surface area contributed by atoms with Gasteiger partial charge in [0.1, 0.15) is 11.4 Å². The smallest absolute Gasteiger partial charge is 0.125 e. The topological polar surface area (TPSA) is 38.7 Å². The van der Waals surface area contributed by atoms with Gasteiger partial charge in [-0.1, -0.05) is 18.2 Å². The number of aliphatic hydroxyl groups is 1. The fourth-order valence-electron chi connectivity index (χ4n) is 1.75. The molecule has 1 aromatic rings. The minimum atomic E-state index is -1.13. The van der Waals surface area contributed by atoms with Crippen LogP contribution >= 0.6 is 0 Å². The molecule has 0 saturated carbocycles. The zero-order valence-corrected chi connectivity index (χ0v) is 12.2. The lowest BCUT2D eigenvalue weighted by Gasteiger charge is -2.40. The van der Waals surface area contributed by atoms with E-state index in [1.165, 1.54) is 0 Å². The highest BCUT2D eigenvalue weighted by molar-refractivity contribution is 5.39. The summed E-state index contributed by atoms with van der Waals surface area (Å²) in [7, 11) is 1.60. The zero-order chi connectivity index (χ0) is 14.0. The molecule has 1 unspecified atom stereocenters. The quantitative estimate of drug-likeness (QED) is 0.875. The van der Waals surface area contributed by atoms with Crippen molar-refractivity contribution in [3.63, 3.8) is 0 Å². The SMILES string of the molecule is COC(C)(C)C(C)(O)c1ccccc1OC(C)C. The Labute approximate surface area is 110 Å². The minimum absolute atomic E-state index is 0.0626. The number of para-hydroxylation sites is 1. The van der Waals surface area contributed by atoms with E-state index in [0.29, 0.717) is 5.75 Å². The Kier molecular flexibility index (Phi) is 4.41. The number of ether oxygens (including phenoxy) is 2. The van der Waals surface area contributed by atoms with E-state index < -0.39 is 11.2 Å². The van der Waals surface area contributed by atoms with Crippen LogP contribution in [-0.4, -0.2) is 23.9 Å². The van der Waals surface area contributed by atoms with Gasteiger partial charge in [0, 0.05) is 12.7 Å². The molecule has 0 amide bonds. The van der Waals surface area contributed by atoms with Crippen LogP contribution in [0.5, 0.6) is 5.75 Å². The van der Waals surface area contributed by atoms with Crippen molar-refractivity contribution in [2.75, 3.05) is 7.11 Å². The molecule has 0 radical (unpaired) electrons. The highest BCUT2D eigenvalue weighted by atomic mass is 16.5. The van der Waals surface area contributed by atoms with E-state index in [1.807, 2.05) is 52.0 Å². The average Bonchev–Trinajstić information content (AvgIpc) is 2.28. The predicted molar refractivity (Wildman–Crippen MR) is 72.9 cm³/mol. The molecule has 18 heavy (non-hydrogen) atoms. The van der Waals surface area contributed by atoms with Gasteiger partial charge < -0.3 is 14.6 Å². The summed E-state index contributed by atoms with van der Waals surface area (Å²) in [5, 5.41) is 10.8. The molecule has 0 saturated heterocycles. The van der Waals surface area contributed by atoms with Crippen LogP contribution < -0.4 is 4.74 Å². The van der Waals surface area contributed by atoms with Gasteiger partial charge in [0.25, 0.3) is 0 Å². The molecule has 102 valence electrons. The van der Waals surface area contributed by atoms with Gasteiger partial charge in [-0.3, -0.25) is 0 Å². The summed E-state index contributed by atoms with van der Waals surface area (Å²) >= 11 is 0. The van der Waals surface area contributed by atoms with E-state index in [9.17, 15) is 5.11 Å². The lowest BCUT2D eigenvalue weighted by molar-refractivity contribution is -0.146. The molecule has 3 heteroatoms. The largest absolute Gasteiger partial charge is 0.491 e. The van der Waals surface area contributed by atoms with E-state index in [2.05, 4.69) is 0 Å². The molecule has 3 nitrogen and oxygen atoms in total. The van der Waals surface area contributed by atoms with Crippen LogP contribution in [0.25, 0.3) is 0 Å². The number of hydrogen-bond acceptors (Lipinski definition) is 3. The first-order valence-electron chi connectivity index (χ1n) is 6.26. The minimum Gasteiger partial charge on any atom is -0.491 e. The summed E-state index contributed by atoms with van der Waals surface area (Å²) in [6.07, 6.45) is 0.0626. The van der Waals surface area contributed by atoms with Crippen molar-refractivity contribution in [3.05, 3.63) is 29.8 Å². The van der Waals surface area contributed by atoms with Crippen LogP contribution in [0.3, 0.4) is 0 Å². The second-order valence-corrected chi connectivity index (χ2v) is 5.45. The lowest BCUT2D eigenvalue weighted by atomic mass is 9.81. The van der Waals surface area contributed by atoms with Crippen molar-refractivity contribution in [2.45, 2.75) is 51.9 Å². The molecule has 0 heterocycles. The van der Waals surface area contributed by atoms with Gasteiger partial charge in [-0.25, -0.2) is 0 Å². The number of benzene rings is 1. The van der Waals surface area contributed by atoms with Crippen LogP contribution in [0.2, 0.25) is 0 Å². The first-order chi connectivity index (χ1) is 8.22. The fraction of sp³-hybridized carbons (Fsp3) is 0.600. The van der Waals surface area contributed by atoms with Crippen LogP contribution in [0.15, 0.2) is 24.3 Å². The summed E-state index contributed by atoms with van der Waals surface area (Å²) in [5.41, 5.74) is -1.10. The van der Waals surface area contributed by atoms with Gasteiger partial charge in [-0.05, 0) is 40.7 Å². The highest BCUT2D eigenvalue weighted by Crippen LogP contribution is 2.39. The first-order valence-corrected chi connectivity index (χ1v) is 6.26. The van der Waals surface area contributed by atoms with E-state index in [4.69, 9.17) is 9.47 Å². The molecule has 0 aromatic heterocycles. The molecule has 1 atom stereocenters. The Bertz CT molecular complexity index is 394. The van der Waals surface area contributed by atoms with Gasteiger partial charge in [0.15, 0.2) is 0 Å². The van der Waals surface area contributed by atoms with Gasteiger partial charge in [-0.15, -0.1) is 0 Å². The zero-order valence-electron chi connectivity index (χ0n) is 12.2. The molecule has 0 fully saturated rings. The molecule has 1 N–H and O–H groups in total. The van der Waals surface area contributed by atoms with E-state index in [-0.39, 0.29) is 6.10 Å². The second-order valence-electron chi connectivity index (χ2n) is 5.45. The summed E-state index contributed by atoms with van der Waals surface area (Å²) in [4.78, 5) is 0. The van der Waals surface area contributed by atoms with Gasteiger partial charge in [-0.2, -0.15) is 0 Å². The Morgan fingerprint density at radius 3 is 2.17 bits per heavy atom. The summed E-state index contributed by atoms with van der Waals surface area (Å²) in [5.74, 6) is 0.697. The molecule has 0 aliphatic carbocycles. The predicted octanol–water partition coefficient (Wildman–Crippen LogP) is 3.11. The third-order valence-corrected chi connectivity index (χ3v) is 3.46. The Morgan fingerprint density at radius 1 is 1.11 bits per heavy atom. The number of hydrogen-bond donors (Lipinski definition) is 1. The molecule has 0 spiro atoms. The van der Waals surface area contributed by atoms with Crippen molar-refractivity contribution in [3.8, 4) is 5.75 Å². The van der Waals surface area contributed by atoms with Crippen LogP contribution in [0, 0.1) is 0 Å². The fourth-order valence-corrected chi connectivity index (χ4v) is 1.75. The lowest BCUT2D eigenvalue weighted by Crippen LogP contribution is -2.46. The maximum Gasteiger partial charge on any atom is 0.125 e. The molecule has 1 aromatic carbocycles. The molecule has 0 bridgehead atoms. The number of methoxy groups -OCH3 is 1. The summed E-state index contributed by atoms with van der Waals surface area (Å²) in [6, 6.07) is 7.54. The number of rotatable bonds is 5. The Balaban J connectivity index is 3.23. The van der Waals surface area contributed by atoms with Crippen molar-refractivity contribution >= 4 is 0 Å². The molecular weight excluding hydrogens is 228 g/mol. The Hall–Kier alpha value is -1.06. The van der Waals surface area contributed by atoms with Crippen LogP contribution in [-0.2, 0) is 10.3 Å². The maximum atomic E-state index is 10.8. The van der Waals surface area contributed by atoms with E-state index in [0.717, 1.165) is 5.56 Å². The monoisotopic (exact) mass is 252 g/mol. The second kappa shape index (κ2) is 5.29. The van der Waals surface area contributed by atoms with Gasteiger partial charge in [0.2, 0.25) is 0 Å². The van der Waals surface area contributed by atoms with Crippen molar-refractivity contribution in [2.24, 2.45) is 0 Å². The van der Waals surface area contributed by atoms with Crippen LogP contribution in [0.4, 0.5) is 0 Å². The highest BCUT2D eigenvalue weighted by Gasteiger charge is 2.43. The molecule has 0 aliphatic heterocycles. The van der Waals surface area contributed by atoms with E-state index >= 15 is 0 Å². The van der Waals surface area contributed by atoms with Crippen molar-refractivity contribution in [1.29, 1.82) is 0 Å². The van der Waals surface area contributed by atoms with Crippen molar-refractivity contribution in [1.82, 2.24) is 0 Å².